The van der Waals surface area contributed by atoms with E-state index in [4.69, 9.17) is 5.73 Å². The highest BCUT2D eigenvalue weighted by molar-refractivity contribution is 9.10. The Morgan fingerprint density at radius 1 is 1.16 bits per heavy atom. The van der Waals surface area contributed by atoms with E-state index in [9.17, 15) is 0 Å². The smallest absolute Gasteiger partial charge is 0.0458 e. The van der Waals surface area contributed by atoms with Crippen molar-refractivity contribution in [2.75, 3.05) is 31.9 Å². The summed E-state index contributed by atoms with van der Waals surface area (Å²) in [6.45, 7) is 12.5. The topological polar surface area (TPSA) is 32.5 Å². The van der Waals surface area contributed by atoms with Gasteiger partial charge in [0, 0.05) is 48.4 Å². The van der Waals surface area contributed by atoms with Crippen molar-refractivity contribution in [1.29, 1.82) is 0 Å². The molecule has 19 heavy (non-hydrogen) atoms. The number of nitrogen functional groups attached to an aromatic ring is 1. The van der Waals surface area contributed by atoms with Gasteiger partial charge in [0.15, 0.2) is 0 Å². The van der Waals surface area contributed by atoms with Crippen molar-refractivity contribution >= 4 is 21.6 Å². The molecule has 106 valence electrons. The highest BCUT2D eigenvalue weighted by Gasteiger charge is 2.25. The highest BCUT2D eigenvalue weighted by Crippen LogP contribution is 2.22. The molecule has 0 aliphatic carbocycles. The molecule has 1 saturated heterocycles. The van der Waals surface area contributed by atoms with E-state index in [0.29, 0.717) is 0 Å². The highest BCUT2D eigenvalue weighted by atomic mass is 79.9. The van der Waals surface area contributed by atoms with Crippen molar-refractivity contribution < 1.29 is 0 Å². The first-order valence-electron chi connectivity index (χ1n) is 6.87. The molecule has 1 aromatic rings. The zero-order chi connectivity index (χ0) is 14.0. The van der Waals surface area contributed by atoms with Crippen LogP contribution < -0.4 is 5.73 Å². The van der Waals surface area contributed by atoms with Crippen LogP contribution in [0.1, 0.15) is 26.3 Å². The summed E-state index contributed by atoms with van der Waals surface area (Å²) in [5.74, 6) is 0. The maximum atomic E-state index is 5.82. The summed E-state index contributed by atoms with van der Waals surface area (Å²) in [5.41, 5.74) is 8.24. The molecule has 2 rings (SSSR count). The van der Waals surface area contributed by atoms with Gasteiger partial charge in [0.1, 0.15) is 0 Å². The number of hydrogen-bond donors (Lipinski definition) is 1. The minimum Gasteiger partial charge on any atom is -0.398 e. The van der Waals surface area contributed by atoms with Crippen molar-refractivity contribution in [3.05, 3.63) is 28.2 Å². The van der Waals surface area contributed by atoms with Crippen LogP contribution >= 0.6 is 15.9 Å². The second kappa shape index (κ2) is 5.81. The fraction of sp³-hybridized carbons (Fsp3) is 0.600. The quantitative estimate of drug-likeness (QED) is 0.848. The van der Waals surface area contributed by atoms with E-state index >= 15 is 0 Å². The van der Waals surface area contributed by atoms with Crippen LogP contribution in [0.2, 0.25) is 0 Å². The molecule has 1 heterocycles. The number of benzene rings is 1. The monoisotopic (exact) mass is 325 g/mol. The number of nitrogens with two attached hydrogens (primary N) is 1. The molecule has 2 N–H and O–H groups in total. The van der Waals surface area contributed by atoms with E-state index in [1.165, 1.54) is 5.56 Å². The molecule has 1 aliphatic rings. The zero-order valence-electron chi connectivity index (χ0n) is 12.1. The Bertz CT molecular complexity index is 432. The summed E-state index contributed by atoms with van der Waals surface area (Å²) in [7, 11) is 0. The van der Waals surface area contributed by atoms with E-state index < -0.39 is 0 Å². The number of piperazine rings is 1. The predicted molar refractivity (Wildman–Crippen MR) is 85.2 cm³/mol. The van der Waals surface area contributed by atoms with E-state index in [0.717, 1.165) is 42.9 Å². The third kappa shape index (κ3) is 3.94. The lowest BCUT2D eigenvalue weighted by Crippen LogP contribution is -2.53. The summed E-state index contributed by atoms with van der Waals surface area (Å²) < 4.78 is 0.998. The molecule has 1 aromatic carbocycles. The number of anilines is 1. The third-order valence-electron chi connectivity index (χ3n) is 3.79. The molecular formula is C15H24BrN3. The summed E-state index contributed by atoms with van der Waals surface area (Å²) in [6.07, 6.45) is 0. The average Bonchev–Trinajstić information content (AvgIpc) is 2.33. The van der Waals surface area contributed by atoms with Gasteiger partial charge in [0.2, 0.25) is 0 Å². The van der Waals surface area contributed by atoms with E-state index in [-0.39, 0.29) is 5.54 Å². The Kier molecular flexibility index (Phi) is 4.54. The van der Waals surface area contributed by atoms with Gasteiger partial charge in [0.25, 0.3) is 0 Å². The normalized spacial score (nSPS) is 18.7. The molecule has 0 radical (unpaired) electrons. The van der Waals surface area contributed by atoms with Gasteiger partial charge in [-0.05, 0) is 54.4 Å². The van der Waals surface area contributed by atoms with Gasteiger partial charge in [-0.15, -0.1) is 0 Å². The second-order valence-corrected chi connectivity index (χ2v) is 7.14. The van der Waals surface area contributed by atoms with Crippen LogP contribution in [-0.4, -0.2) is 41.5 Å². The average molecular weight is 326 g/mol. The van der Waals surface area contributed by atoms with Crippen LogP contribution in [0.3, 0.4) is 0 Å². The van der Waals surface area contributed by atoms with Crippen LogP contribution in [0.5, 0.6) is 0 Å². The molecule has 0 spiro atoms. The first-order chi connectivity index (χ1) is 8.86. The van der Waals surface area contributed by atoms with Gasteiger partial charge in [-0.1, -0.05) is 6.07 Å². The molecule has 0 amide bonds. The van der Waals surface area contributed by atoms with Crippen LogP contribution in [0, 0.1) is 0 Å². The SMILES string of the molecule is CC(C)(C)N1CCN(Cc2ccc(N)c(Br)c2)CC1. The summed E-state index contributed by atoms with van der Waals surface area (Å²) in [6, 6.07) is 6.23. The fourth-order valence-corrected chi connectivity index (χ4v) is 2.93. The predicted octanol–water partition coefficient (Wildman–Crippen LogP) is 2.95. The molecule has 0 unspecified atom stereocenters. The molecule has 4 heteroatoms. The van der Waals surface area contributed by atoms with Crippen LogP contribution in [0.15, 0.2) is 22.7 Å². The number of nitrogens with zero attached hydrogens (tertiary/aromatic N) is 2. The lowest BCUT2D eigenvalue weighted by Gasteiger charge is -2.42. The maximum Gasteiger partial charge on any atom is 0.0458 e. The summed E-state index contributed by atoms with van der Waals surface area (Å²) >= 11 is 3.49. The Labute approximate surface area is 124 Å². The lowest BCUT2D eigenvalue weighted by atomic mass is 10.0. The third-order valence-corrected chi connectivity index (χ3v) is 4.48. The largest absolute Gasteiger partial charge is 0.398 e. The van der Waals surface area contributed by atoms with Crippen LogP contribution in [0.25, 0.3) is 0 Å². The second-order valence-electron chi connectivity index (χ2n) is 6.29. The van der Waals surface area contributed by atoms with Gasteiger partial charge >= 0.3 is 0 Å². The van der Waals surface area contributed by atoms with Crippen molar-refractivity contribution in [3.8, 4) is 0 Å². The fourth-order valence-electron chi connectivity index (χ4n) is 2.50. The number of halogens is 1. The van der Waals surface area contributed by atoms with Crippen molar-refractivity contribution in [2.24, 2.45) is 0 Å². The van der Waals surface area contributed by atoms with Crippen molar-refractivity contribution in [1.82, 2.24) is 9.80 Å². The Balaban J connectivity index is 1.90. The van der Waals surface area contributed by atoms with Crippen molar-refractivity contribution in [3.63, 3.8) is 0 Å². The van der Waals surface area contributed by atoms with Crippen molar-refractivity contribution in [2.45, 2.75) is 32.9 Å². The summed E-state index contributed by atoms with van der Waals surface area (Å²) in [5, 5.41) is 0. The van der Waals surface area contributed by atoms with Crippen LogP contribution in [0.4, 0.5) is 5.69 Å². The first-order valence-corrected chi connectivity index (χ1v) is 7.67. The van der Waals surface area contributed by atoms with Gasteiger partial charge < -0.3 is 5.73 Å². The molecule has 3 nitrogen and oxygen atoms in total. The standard InChI is InChI=1S/C15H24BrN3/c1-15(2,3)19-8-6-18(7-9-19)11-12-4-5-14(17)13(16)10-12/h4-5,10H,6-9,11,17H2,1-3H3. The van der Waals surface area contributed by atoms with Crippen LogP contribution in [-0.2, 0) is 6.54 Å². The van der Waals surface area contributed by atoms with Gasteiger partial charge in [-0.3, -0.25) is 9.80 Å². The molecule has 0 aromatic heterocycles. The van der Waals surface area contributed by atoms with Gasteiger partial charge in [-0.2, -0.15) is 0 Å². The molecule has 0 bridgehead atoms. The summed E-state index contributed by atoms with van der Waals surface area (Å²) in [4.78, 5) is 5.07. The Morgan fingerprint density at radius 3 is 2.32 bits per heavy atom. The molecule has 0 saturated carbocycles. The Morgan fingerprint density at radius 2 is 1.79 bits per heavy atom. The molecular weight excluding hydrogens is 302 g/mol. The minimum atomic E-state index is 0.288. The number of rotatable bonds is 2. The molecule has 1 aliphatic heterocycles. The zero-order valence-corrected chi connectivity index (χ0v) is 13.7. The van der Waals surface area contributed by atoms with Gasteiger partial charge in [0.05, 0.1) is 0 Å². The number of hydrogen-bond acceptors (Lipinski definition) is 3. The van der Waals surface area contributed by atoms with E-state index in [1.54, 1.807) is 0 Å². The Hall–Kier alpha value is -0.580. The van der Waals surface area contributed by atoms with Gasteiger partial charge in [-0.25, -0.2) is 0 Å². The minimum absolute atomic E-state index is 0.288. The molecule has 0 atom stereocenters. The first kappa shape index (κ1) is 14.8. The van der Waals surface area contributed by atoms with E-state index in [2.05, 4.69) is 58.6 Å². The maximum absolute atomic E-state index is 5.82. The molecule has 1 fully saturated rings. The van der Waals surface area contributed by atoms with E-state index in [1.807, 2.05) is 6.07 Å². The lowest BCUT2D eigenvalue weighted by molar-refractivity contribution is 0.0591.